The van der Waals surface area contributed by atoms with Crippen molar-refractivity contribution < 1.29 is 27.4 Å². The second kappa shape index (κ2) is 8.31. The number of carbonyl (C=O) groups is 1. The first kappa shape index (κ1) is 22.2. The highest BCUT2D eigenvalue weighted by Crippen LogP contribution is 2.27. The van der Waals surface area contributed by atoms with E-state index in [9.17, 15) is 23.2 Å². The number of fused-ring (bicyclic) bond motifs is 1. The van der Waals surface area contributed by atoms with Gasteiger partial charge in [-0.2, -0.15) is 20.3 Å². The molecule has 8 nitrogen and oxygen atoms in total. The van der Waals surface area contributed by atoms with Crippen molar-refractivity contribution in [2.45, 2.75) is 25.4 Å². The van der Waals surface area contributed by atoms with Crippen LogP contribution in [0, 0.1) is 11.3 Å². The molecule has 0 aliphatic carbocycles. The molecule has 1 amide bonds. The highest BCUT2D eigenvalue weighted by atomic mass is 35.5. The van der Waals surface area contributed by atoms with Crippen LogP contribution in [0.4, 0.5) is 13.2 Å². The normalized spacial score (nSPS) is 13.3. The third-order valence-electron chi connectivity index (χ3n) is 4.14. The van der Waals surface area contributed by atoms with Crippen molar-refractivity contribution in [1.29, 1.82) is 5.26 Å². The second-order valence-electron chi connectivity index (χ2n) is 6.68. The van der Waals surface area contributed by atoms with E-state index < -0.39 is 23.6 Å². The van der Waals surface area contributed by atoms with E-state index in [2.05, 4.69) is 20.3 Å². The van der Waals surface area contributed by atoms with Crippen molar-refractivity contribution in [3.8, 4) is 17.6 Å². The predicted octanol–water partition coefficient (Wildman–Crippen LogP) is 3.70. The van der Waals surface area contributed by atoms with Crippen molar-refractivity contribution >= 4 is 28.5 Å². The third kappa shape index (κ3) is 5.35. The average Bonchev–Trinajstić information content (AvgIpc) is 3.09. The summed E-state index contributed by atoms with van der Waals surface area (Å²) in [5.41, 5.74) is -0.544. The summed E-state index contributed by atoms with van der Waals surface area (Å²) in [6.07, 6.45) is -4.84. The molecule has 1 N–H and O–H groups in total. The van der Waals surface area contributed by atoms with Crippen molar-refractivity contribution in [2.24, 2.45) is 0 Å². The van der Waals surface area contributed by atoms with Gasteiger partial charge in [0.05, 0.1) is 24.7 Å². The molecular formula is C19H15ClF3N5O3. The molecule has 3 rings (SSSR count). The Morgan fingerprint density at radius 1 is 1.23 bits per heavy atom. The van der Waals surface area contributed by atoms with Gasteiger partial charge in [0.15, 0.2) is 0 Å². The van der Waals surface area contributed by atoms with Gasteiger partial charge in [0.1, 0.15) is 28.1 Å². The van der Waals surface area contributed by atoms with Crippen LogP contribution >= 0.6 is 11.6 Å². The molecule has 31 heavy (non-hydrogen) atoms. The smallest absolute Gasteiger partial charge is 0.497 e. The molecule has 12 heteroatoms. The van der Waals surface area contributed by atoms with Gasteiger partial charge in [-0.1, -0.05) is 11.6 Å². The van der Waals surface area contributed by atoms with Crippen molar-refractivity contribution in [3.63, 3.8) is 0 Å². The Kier molecular flexibility index (Phi) is 5.94. The van der Waals surface area contributed by atoms with Gasteiger partial charge in [-0.25, -0.2) is 0 Å². The Hall–Kier alpha value is -3.52. The van der Waals surface area contributed by atoms with Gasteiger partial charge in [0.2, 0.25) is 0 Å². The minimum absolute atomic E-state index is 0.0439. The summed E-state index contributed by atoms with van der Waals surface area (Å²) < 4.78 is 45.7. The summed E-state index contributed by atoms with van der Waals surface area (Å²) in [5.74, 6) is -0.648. The van der Waals surface area contributed by atoms with Gasteiger partial charge in [-0.05, 0) is 31.2 Å². The number of hydrogen-bond acceptors (Lipinski definition) is 6. The van der Waals surface area contributed by atoms with Gasteiger partial charge >= 0.3 is 6.36 Å². The highest BCUT2D eigenvalue weighted by Gasteiger charge is 2.32. The number of rotatable bonds is 6. The first-order valence-electron chi connectivity index (χ1n) is 8.70. The first-order chi connectivity index (χ1) is 14.5. The zero-order valence-corrected chi connectivity index (χ0v) is 17.0. The van der Waals surface area contributed by atoms with E-state index in [1.807, 2.05) is 6.07 Å². The number of alkyl halides is 3. The van der Waals surface area contributed by atoms with E-state index in [4.69, 9.17) is 16.3 Å². The molecule has 0 spiro atoms. The van der Waals surface area contributed by atoms with Crippen LogP contribution in [-0.4, -0.2) is 39.9 Å². The largest absolute Gasteiger partial charge is 0.573 e. The highest BCUT2D eigenvalue weighted by molar-refractivity contribution is 6.35. The van der Waals surface area contributed by atoms with E-state index in [-0.39, 0.29) is 12.1 Å². The minimum atomic E-state index is -4.84. The Morgan fingerprint density at radius 2 is 1.90 bits per heavy atom. The van der Waals surface area contributed by atoms with Gasteiger partial charge < -0.3 is 14.8 Å². The topological polar surface area (TPSA) is 102 Å². The van der Waals surface area contributed by atoms with E-state index in [0.717, 1.165) is 24.3 Å². The van der Waals surface area contributed by atoms with Crippen LogP contribution in [0.1, 0.15) is 17.3 Å². The fourth-order valence-corrected chi connectivity index (χ4v) is 2.94. The van der Waals surface area contributed by atoms with Crippen LogP contribution in [0.15, 0.2) is 36.4 Å². The minimum Gasteiger partial charge on any atom is -0.497 e. The molecule has 0 fully saturated rings. The Morgan fingerprint density at radius 3 is 2.48 bits per heavy atom. The summed E-state index contributed by atoms with van der Waals surface area (Å²) in [7, 11) is 1.48. The van der Waals surface area contributed by atoms with E-state index in [1.165, 1.54) is 18.8 Å². The number of methoxy groups -OCH3 is 1. The van der Waals surface area contributed by atoms with Crippen molar-refractivity contribution in [2.75, 3.05) is 7.11 Å². The number of benzene rings is 2. The van der Waals surface area contributed by atoms with E-state index in [1.54, 1.807) is 12.1 Å². The number of nitriles is 1. The Labute approximate surface area is 179 Å². The van der Waals surface area contributed by atoms with Crippen LogP contribution in [0.25, 0.3) is 11.0 Å². The maximum atomic E-state index is 12.5. The summed E-state index contributed by atoms with van der Waals surface area (Å²) in [5, 5.41) is 20.9. The lowest BCUT2D eigenvalue weighted by molar-refractivity contribution is -0.274. The molecule has 0 aliphatic rings. The SMILES string of the molecule is COc1cc(Cl)c2nn(CC(C)(C#N)NC(=O)c3ccc(OC(F)(F)F)cc3)nc2c1. The number of amides is 1. The predicted molar refractivity (Wildman–Crippen MR) is 104 cm³/mol. The Bertz CT molecular complexity index is 1160. The number of nitrogens with zero attached hydrogens (tertiary/aromatic N) is 4. The van der Waals surface area contributed by atoms with E-state index in [0.29, 0.717) is 21.8 Å². The monoisotopic (exact) mass is 453 g/mol. The average molecular weight is 454 g/mol. The molecule has 0 saturated carbocycles. The molecule has 1 atom stereocenters. The number of ether oxygens (including phenoxy) is 2. The summed E-state index contributed by atoms with van der Waals surface area (Å²) in [6, 6.07) is 9.49. The van der Waals surface area contributed by atoms with Crippen LogP contribution < -0.4 is 14.8 Å². The van der Waals surface area contributed by atoms with Gasteiger partial charge in [0, 0.05) is 17.7 Å². The maximum absolute atomic E-state index is 12.5. The van der Waals surface area contributed by atoms with Crippen LogP contribution in [0.2, 0.25) is 5.02 Å². The standard InChI is InChI=1S/C19H15ClF3N5O3/c1-18(9-24,10-28-26-15-8-13(30-2)7-14(20)16(15)27-28)25-17(29)11-3-5-12(6-4-11)31-19(21,22)23/h3-8H,10H2,1-2H3,(H,25,29). The third-order valence-corrected chi connectivity index (χ3v) is 4.42. The number of hydrogen-bond donors (Lipinski definition) is 1. The number of nitrogens with one attached hydrogen (secondary N) is 1. The van der Waals surface area contributed by atoms with Gasteiger partial charge in [0.25, 0.3) is 5.91 Å². The second-order valence-corrected chi connectivity index (χ2v) is 7.08. The maximum Gasteiger partial charge on any atom is 0.573 e. The van der Waals surface area contributed by atoms with Gasteiger partial charge in [-0.15, -0.1) is 13.2 Å². The quantitative estimate of drug-likeness (QED) is 0.610. The van der Waals surface area contributed by atoms with Crippen molar-refractivity contribution in [3.05, 3.63) is 47.0 Å². The molecule has 2 aromatic carbocycles. The lowest BCUT2D eigenvalue weighted by Crippen LogP contribution is -2.48. The molecule has 162 valence electrons. The lowest BCUT2D eigenvalue weighted by Gasteiger charge is -2.22. The summed E-state index contributed by atoms with van der Waals surface area (Å²) >= 11 is 6.17. The lowest BCUT2D eigenvalue weighted by atomic mass is 10.0. The van der Waals surface area contributed by atoms with Gasteiger partial charge in [-0.3, -0.25) is 4.79 Å². The molecule has 0 saturated heterocycles. The molecule has 1 unspecified atom stereocenters. The molecular weight excluding hydrogens is 439 g/mol. The Balaban J connectivity index is 1.76. The molecule has 0 bridgehead atoms. The molecule has 3 aromatic rings. The first-order valence-corrected chi connectivity index (χ1v) is 9.08. The van der Waals surface area contributed by atoms with E-state index >= 15 is 0 Å². The molecule has 1 aromatic heterocycles. The number of aromatic nitrogens is 3. The number of halogens is 4. The molecule has 0 radical (unpaired) electrons. The fraction of sp³-hybridized carbons (Fsp3) is 0.263. The summed E-state index contributed by atoms with van der Waals surface area (Å²) in [4.78, 5) is 13.7. The van der Waals surface area contributed by atoms with Crippen LogP contribution in [-0.2, 0) is 6.54 Å². The summed E-state index contributed by atoms with van der Waals surface area (Å²) in [6.45, 7) is 1.35. The zero-order valence-electron chi connectivity index (χ0n) is 16.2. The van der Waals surface area contributed by atoms with Crippen LogP contribution in [0.3, 0.4) is 0 Å². The molecule has 1 heterocycles. The fourth-order valence-electron chi connectivity index (χ4n) is 2.70. The van der Waals surface area contributed by atoms with Crippen LogP contribution in [0.5, 0.6) is 11.5 Å². The zero-order chi connectivity index (χ0) is 22.8. The molecule has 0 aliphatic heterocycles. The number of carbonyl (C=O) groups excluding carboxylic acids is 1. The van der Waals surface area contributed by atoms with Crippen molar-refractivity contribution in [1.82, 2.24) is 20.3 Å².